The van der Waals surface area contributed by atoms with Crippen LogP contribution in [0.3, 0.4) is 0 Å². The molecule has 7 rings (SSSR count). The van der Waals surface area contributed by atoms with Gasteiger partial charge in [-0.3, -0.25) is 33.8 Å². The van der Waals surface area contributed by atoms with E-state index in [1.807, 2.05) is 24.3 Å². The third-order valence-corrected chi connectivity index (χ3v) is 16.4. The number of rotatable bonds is 12. The molecule has 370 valence electrons. The van der Waals surface area contributed by atoms with Gasteiger partial charge in [0.25, 0.3) is 0 Å². The molecule has 14 nitrogen and oxygen atoms in total. The van der Waals surface area contributed by atoms with E-state index in [0.29, 0.717) is 48.5 Å². The zero-order chi connectivity index (χ0) is 49.7. The molecule has 4 amide bonds. The number of nitrogens with zero attached hydrogens (tertiary/aromatic N) is 5. The number of aliphatic hydroxyl groups excluding tert-OH is 1. The quantitative estimate of drug-likeness (QED) is 0.155. The van der Waals surface area contributed by atoms with E-state index in [0.717, 1.165) is 50.2 Å². The Morgan fingerprint density at radius 3 is 1.74 bits per heavy atom. The number of carbonyl (C=O) groups excluding carboxylic acids is 5. The van der Waals surface area contributed by atoms with Gasteiger partial charge in [0.2, 0.25) is 29.4 Å². The normalized spacial score (nSPS) is 26.8. The Morgan fingerprint density at radius 1 is 0.721 bits per heavy atom. The summed E-state index contributed by atoms with van der Waals surface area (Å²) in [7, 11) is 4.20. The van der Waals surface area contributed by atoms with Gasteiger partial charge in [-0.15, -0.1) is 0 Å². The first kappa shape index (κ1) is 50.8. The summed E-state index contributed by atoms with van der Waals surface area (Å²) in [5.74, 6) is -1.96. The maximum Gasteiger partial charge on any atom is 0.248 e. The summed E-state index contributed by atoms with van der Waals surface area (Å²) in [5.41, 5.74) is 2.62. The molecule has 2 unspecified atom stereocenters. The first-order valence-corrected chi connectivity index (χ1v) is 25.1. The second-order valence-corrected chi connectivity index (χ2v) is 22.9. The highest BCUT2D eigenvalue weighted by atomic mass is 16.3. The summed E-state index contributed by atoms with van der Waals surface area (Å²) in [6.07, 6.45) is 12.4. The van der Waals surface area contributed by atoms with Crippen molar-refractivity contribution in [2.75, 3.05) is 50.5 Å². The zero-order valence-electron chi connectivity index (χ0n) is 42.9. The summed E-state index contributed by atoms with van der Waals surface area (Å²) in [6, 6.07) is 6.12. The Labute approximate surface area is 404 Å². The van der Waals surface area contributed by atoms with Crippen molar-refractivity contribution >= 4 is 52.1 Å². The van der Waals surface area contributed by atoms with Gasteiger partial charge in [-0.2, -0.15) is 0 Å². The average molecular weight is 935 g/mol. The third-order valence-electron chi connectivity index (χ3n) is 16.4. The maximum atomic E-state index is 14.4. The van der Waals surface area contributed by atoms with Gasteiger partial charge in [0.05, 0.1) is 22.5 Å². The van der Waals surface area contributed by atoms with Crippen LogP contribution in [0.1, 0.15) is 139 Å². The molecular weight excluding hydrogens is 857 g/mol. The van der Waals surface area contributed by atoms with E-state index < -0.39 is 11.7 Å². The molecule has 14 heteroatoms. The van der Waals surface area contributed by atoms with Gasteiger partial charge in [-0.1, -0.05) is 0 Å². The molecule has 2 aliphatic carbocycles. The second-order valence-electron chi connectivity index (χ2n) is 22.9. The molecule has 4 aliphatic heterocycles. The number of carbonyl (C=O) groups is 5. The number of hydrogen-bond donors (Lipinski definition) is 4. The third kappa shape index (κ3) is 10.4. The summed E-state index contributed by atoms with van der Waals surface area (Å²) in [6.45, 7) is 23.5. The van der Waals surface area contributed by atoms with Gasteiger partial charge in [-0.25, -0.2) is 4.99 Å². The number of anilines is 2. The van der Waals surface area contributed by atoms with E-state index in [2.05, 4.69) is 124 Å². The highest BCUT2D eigenvalue weighted by Crippen LogP contribution is 2.45. The number of likely N-dealkylation sites (tertiary alicyclic amines) is 3. The van der Waals surface area contributed by atoms with Gasteiger partial charge < -0.3 is 30.9 Å². The van der Waals surface area contributed by atoms with E-state index in [-0.39, 0.29) is 106 Å². The lowest BCUT2D eigenvalue weighted by atomic mass is 9.74. The van der Waals surface area contributed by atoms with E-state index in [4.69, 9.17) is 0 Å². The minimum atomic E-state index is -0.454. The average Bonchev–Trinajstić information content (AvgIpc) is 3.89. The van der Waals surface area contributed by atoms with E-state index in [1.54, 1.807) is 12.1 Å². The number of hydrogen-bond acceptors (Lipinski definition) is 10. The number of allylic oxidation sites excluding steroid dienone is 6. The summed E-state index contributed by atoms with van der Waals surface area (Å²) < 4.78 is 0. The van der Waals surface area contributed by atoms with Gasteiger partial charge >= 0.3 is 0 Å². The van der Waals surface area contributed by atoms with Crippen LogP contribution in [0, 0.1) is 11.8 Å². The first-order chi connectivity index (χ1) is 31.8. The monoisotopic (exact) mass is 935 g/mol. The SMILES string of the molecule is CC1CCCN1C1=CC(=NC(=O)CCNC(=O)C2CC(C)(C)N(C)C(C)(C)C2)C(=C2C(=O)C(c3ccc(N4CCCC4C)cc3NC(=O)CCNC(=O)C3CC(C)(C)N(C)C(C)(C)C3)=C2O)C=C1. The number of aliphatic hydroxyl groups is 1. The minimum Gasteiger partial charge on any atom is -0.506 e. The van der Waals surface area contributed by atoms with Crippen LogP contribution >= 0.6 is 0 Å². The van der Waals surface area contributed by atoms with Crippen LogP contribution in [0.15, 0.2) is 64.0 Å². The smallest absolute Gasteiger partial charge is 0.248 e. The highest BCUT2D eigenvalue weighted by Gasteiger charge is 2.47. The van der Waals surface area contributed by atoms with Gasteiger partial charge in [0.15, 0.2) is 0 Å². The molecule has 2 atom stereocenters. The van der Waals surface area contributed by atoms with Crippen molar-refractivity contribution in [1.82, 2.24) is 25.3 Å². The van der Waals surface area contributed by atoms with Crippen molar-refractivity contribution in [3.05, 3.63) is 64.6 Å². The number of ketones is 1. The predicted molar refractivity (Wildman–Crippen MR) is 270 cm³/mol. The predicted octanol–water partition coefficient (Wildman–Crippen LogP) is 7.48. The number of amides is 4. The van der Waals surface area contributed by atoms with Crippen LogP contribution in [0.25, 0.3) is 5.57 Å². The van der Waals surface area contributed by atoms with Crippen LogP contribution in [-0.4, -0.2) is 129 Å². The molecule has 1 aromatic carbocycles. The number of piperidine rings is 2. The Kier molecular flexibility index (Phi) is 14.5. The number of aliphatic imine (C=N–C) groups is 1. The topological polar surface area (TPSA) is 167 Å². The number of benzene rings is 1. The van der Waals surface area contributed by atoms with Crippen molar-refractivity contribution in [2.24, 2.45) is 16.8 Å². The van der Waals surface area contributed by atoms with E-state index in [9.17, 15) is 29.1 Å². The second kappa shape index (κ2) is 19.4. The Bertz CT molecular complexity index is 2330. The molecule has 4 N–H and O–H groups in total. The molecule has 0 spiro atoms. The lowest BCUT2D eigenvalue weighted by Gasteiger charge is -2.53. The van der Waals surface area contributed by atoms with Gasteiger partial charge in [0, 0.05) is 108 Å². The largest absolute Gasteiger partial charge is 0.506 e. The lowest BCUT2D eigenvalue weighted by Crippen LogP contribution is -2.60. The maximum absolute atomic E-state index is 14.4. The fourth-order valence-corrected chi connectivity index (χ4v) is 12.0. The van der Waals surface area contributed by atoms with Crippen molar-refractivity contribution in [1.29, 1.82) is 0 Å². The molecule has 1 aromatic rings. The number of nitrogens with one attached hydrogen (secondary N) is 3. The van der Waals surface area contributed by atoms with Gasteiger partial charge in [0.1, 0.15) is 5.76 Å². The lowest BCUT2D eigenvalue weighted by molar-refractivity contribution is -0.133. The van der Waals surface area contributed by atoms with Crippen molar-refractivity contribution in [3.63, 3.8) is 0 Å². The molecule has 0 saturated carbocycles. The van der Waals surface area contributed by atoms with Crippen LogP contribution in [-0.2, 0) is 24.0 Å². The molecule has 0 bridgehead atoms. The highest BCUT2D eigenvalue weighted by molar-refractivity contribution is 6.42. The summed E-state index contributed by atoms with van der Waals surface area (Å²) >= 11 is 0. The van der Waals surface area contributed by atoms with Crippen LogP contribution < -0.4 is 20.9 Å². The molecule has 4 fully saturated rings. The van der Waals surface area contributed by atoms with Crippen molar-refractivity contribution in [2.45, 2.75) is 168 Å². The Hall–Kier alpha value is -5.08. The van der Waals surface area contributed by atoms with Crippen LogP contribution in [0.2, 0.25) is 0 Å². The van der Waals surface area contributed by atoms with Crippen LogP contribution in [0.4, 0.5) is 11.4 Å². The first-order valence-electron chi connectivity index (χ1n) is 25.1. The molecule has 4 heterocycles. The zero-order valence-corrected chi connectivity index (χ0v) is 42.9. The molecule has 0 aromatic heterocycles. The van der Waals surface area contributed by atoms with Crippen LogP contribution in [0.5, 0.6) is 0 Å². The fraction of sp³-hybridized carbons (Fsp3) is 0.630. The van der Waals surface area contributed by atoms with E-state index >= 15 is 0 Å². The van der Waals surface area contributed by atoms with Gasteiger partial charge in [-0.05, 0) is 171 Å². The molecular formula is C54H78N8O6. The Balaban J connectivity index is 1.11. The summed E-state index contributed by atoms with van der Waals surface area (Å²) in [5, 5.41) is 20.9. The Morgan fingerprint density at radius 2 is 1.24 bits per heavy atom. The minimum absolute atomic E-state index is 0.0182. The molecule has 4 saturated heterocycles. The standard InChI is InChI=1S/C54H78N8O6/c1-33-15-13-25-61(33)37-17-19-39(41(27-37)57-43(63)21-23-55-49(67)35-29-51(3,4)59(11)52(5,6)30-35)45-47(65)46(48(45)66)40-20-18-38(62-26-14-16-34(62)2)28-42(40)58-44(64)22-24-56-50(68)36-31-53(7,8)60(12)54(9,10)32-36/h17-20,27-28,33-36,65H,13-16,21-26,29-32H2,1-12H3,(H,55,67)(H,56,68)(H,57,63). The molecule has 68 heavy (non-hydrogen) atoms. The molecule has 6 aliphatic rings. The van der Waals surface area contributed by atoms with Crippen molar-refractivity contribution in [3.8, 4) is 0 Å². The summed E-state index contributed by atoms with van der Waals surface area (Å²) in [4.78, 5) is 82.3. The van der Waals surface area contributed by atoms with Crippen molar-refractivity contribution < 1.29 is 29.1 Å². The molecule has 0 radical (unpaired) electrons. The fourth-order valence-electron chi connectivity index (χ4n) is 12.0. The van der Waals surface area contributed by atoms with E-state index in [1.165, 1.54) is 0 Å². The number of Topliss-reactive ketones (excluding diaryl/α,β-unsaturated/α-hetero) is 1.